The minimum Gasteiger partial charge on any atom is -0.472 e. The molecule has 1 aromatic carbocycles. The SMILES string of the molecule is COC(=O)[C@@H](c1ccccc1)[C@H](O)c1ccoc1. The lowest BCUT2D eigenvalue weighted by molar-refractivity contribution is -0.145. The standard InChI is InChI=1S/C14H14O4/c1-17-14(16)12(10-5-3-2-4-6-10)13(15)11-7-8-18-9-11/h2-9,12-13,15H,1H3/t12-,13+/m0/s1. The second-order valence-electron chi connectivity index (χ2n) is 3.91. The number of carbonyl (C=O) groups excluding carboxylic acids is 1. The predicted octanol–water partition coefficient (Wildman–Crippen LogP) is 2.27. The summed E-state index contributed by atoms with van der Waals surface area (Å²) in [6, 6.07) is 10.7. The fraction of sp³-hybridized carbons (Fsp3) is 0.214. The van der Waals surface area contributed by atoms with Crippen molar-refractivity contribution >= 4 is 5.97 Å². The first-order chi connectivity index (χ1) is 8.74. The van der Waals surface area contributed by atoms with Crippen LogP contribution in [0.25, 0.3) is 0 Å². The minimum absolute atomic E-state index is 0.477. The number of methoxy groups -OCH3 is 1. The maximum Gasteiger partial charge on any atom is 0.316 e. The first kappa shape index (κ1) is 12.4. The van der Waals surface area contributed by atoms with E-state index in [1.54, 1.807) is 18.2 Å². The summed E-state index contributed by atoms with van der Waals surface area (Å²) in [5.74, 6) is -1.23. The van der Waals surface area contributed by atoms with Gasteiger partial charge in [0, 0.05) is 5.56 Å². The number of hydrogen-bond acceptors (Lipinski definition) is 4. The molecule has 0 unspecified atom stereocenters. The number of ether oxygens (including phenoxy) is 1. The maximum absolute atomic E-state index is 11.8. The van der Waals surface area contributed by atoms with E-state index in [4.69, 9.17) is 9.15 Å². The summed E-state index contributed by atoms with van der Waals surface area (Å²) in [6.07, 6.45) is 1.89. The van der Waals surface area contributed by atoms with Gasteiger partial charge in [-0.1, -0.05) is 30.3 Å². The summed E-state index contributed by atoms with van der Waals surface area (Å²) in [7, 11) is 1.31. The first-order valence-electron chi connectivity index (χ1n) is 5.57. The molecule has 0 saturated carbocycles. The molecular formula is C14H14O4. The Balaban J connectivity index is 2.35. The summed E-state index contributed by atoms with van der Waals surface area (Å²) < 4.78 is 9.68. The number of esters is 1. The third-order valence-electron chi connectivity index (χ3n) is 2.81. The van der Waals surface area contributed by atoms with Crippen LogP contribution in [0.3, 0.4) is 0 Å². The Morgan fingerprint density at radius 1 is 1.22 bits per heavy atom. The van der Waals surface area contributed by atoms with Gasteiger partial charge in [-0.25, -0.2) is 0 Å². The van der Waals surface area contributed by atoms with Gasteiger partial charge in [0.1, 0.15) is 5.92 Å². The van der Waals surface area contributed by atoms with E-state index in [1.165, 1.54) is 19.6 Å². The van der Waals surface area contributed by atoms with Crippen LogP contribution >= 0.6 is 0 Å². The molecule has 0 spiro atoms. The predicted molar refractivity (Wildman–Crippen MR) is 64.9 cm³/mol. The van der Waals surface area contributed by atoms with Crippen LogP contribution in [0.15, 0.2) is 53.3 Å². The van der Waals surface area contributed by atoms with E-state index in [0.29, 0.717) is 11.1 Å². The molecule has 94 valence electrons. The molecule has 4 heteroatoms. The van der Waals surface area contributed by atoms with Gasteiger partial charge in [0.15, 0.2) is 0 Å². The number of hydrogen-bond donors (Lipinski definition) is 1. The van der Waals surface area contributed by atoms with E-state index < -0.39 is 18.0 Å². The fourth-order valence-electron chi connectivity index (χ4n) is 1.87. The van der Waals surface area contributed by atoms with Gasteiger partial charge in [0.25, 0.3) is 0 Å². The van der Waals surface area contributed by atoms with Crippen molar-refractivity contribution in [3.8, 4) is 0 Å². The fourth-order valence-corrected chi connectivity index (χ4v) is 1.87. The molecule has 1 heterocycles. The number of carbonyl (C=O) groups is 1. The lowest BCUT2D eigenvalue weighted by Gasteiger charge is -2.20. The molecule has 2 rings (SSSR count). The van der Waals surface area contributed by atoms with Gasteiger partial charge < -0.3 is 14.3 Å². The summed E-state index contributed by atoms with van der Waals surface area (Å²) in [5.41, 5.74) is 1.26. The van der Waals surface area contributed by atoms with E-state index in [-0.39, 0.29) is 0 Å². The molecule has 0 aliphatic heterocycles. The van der Waals surface area contributed by atoms with Crippen LogP contribution in [0, 0.1) is 0 Å². The molecule has 1 N–H and O–H groups in total. The minimum atomic E-state index is -0.987. The van der Waals surface area contributed by atoms with Crippen molar-refractivity contribution < 1.29 is 19.1 Å². The Morgan fingerprint density at radius 2 is 1.94 bits per heavy atom. The van der Waals surface area contributed by atoms with Crippen LogP contribution in [-0.4, -0.2) is 18.2 Å². The number of aliphatic hydroxyl groups excluding tert-OH is 1. The van der Waals surface area contributed by atoms with Gasteiger partial charge in [-0.05, 0) is 11.6 Å². The molecule has 2 atom stereocenters. The van der Waals surface area contributed by atoms with Gasteiger partial charge in [0.2, 0.25) is 0 Å². The van der Waals surface area contributed by atoms with Crippen molar-refractivity contribution in [1.29, 1.82) is 0 Å². The van der Waals surface area contributed by atoms with Crippen molar-refractivity contribution in [3.63, 3.8) is 0 Å². The molecule has 0 radical (unpaired) electrons. The van der Waals surface area contributed by atoms with E-state index in [0.717, 1.165) is 0 Å². The highest BCUT2D eigenvalue weighted by Gasteiger charge is 2.31. The van der Waals surface area contributed by atoms with Gasteiger partial charge in [-0.15, -0.1) is 0 Å². The maximum atomic E-state index is 11.8. The van der Waals surface area contributed by atoms with Gasteiger partial charge in [-0.2, -0.15) is 0 Å². The van der Waals surface area contributed by atoms with Gasteiger partial charge in [-0.3, -0.25) is 4.79 Å². The molecule has 0 amide bonds. The Morgan fingerprint density at radius 3 is 2.50 bits per heavy atom. The van der Waals surface area contributed by atoms with Crippen molar-refractivity contribution in [2.75, 3.05) is 7.11 Å². The van der Waals surface area contributed by atoms with Crippen LogP contribution in [-0.2, 0) is 9.53 Å². The van der Waals surface area contributed by atoms with Crippen molar-refractivity contribution in [3.05, 3.63) is 60.1 Å². The topological polar surface area (TPSA) is 59.7 Å². The first-order valence-corrected chi connectivity index (χ1v) is 5.57. The summed E-state index contributed by atoms with van der Waals surface area (Å²) in [6.45, 7) is 0. The number of furan rings is 1. The van der Waals surface area contributed by atoms with Crippen molar-refractivity contribution in [1.82, 2.24) is 0 Å². The third-order valence-corrected chi connectivity index (χ3v) is 2.81. The number of benzene rings is 1. The Kier molecular flexibility index (Phi) is 3.79. The van der Waals surface area contributed by atoms with E-state index in [2.05, 4.69) is 0 Å². The highest BCUT2D eigenvalue weighted by molar-refractivity contribution is 5.79. The number of rotatable bonds is 4. The highest BCUT2D eigenvalue weighted by atomic mass is 16.5. The second kappa shape index (κ2) is 5.51. The van der Waals surface area contributed by atoms with Crippen LogP contribution in [0.4, 0.5) is 0 Å². The Bertz CT molecular complexity index is 490. The smallest absolute Gasteiger partial charge is 0.316 e. The average molecular weight is 246 g/mol. The van der Waals surface area contributed by atoms with Crippen molar-refractivity contribution in [2.45, 2.75) is 12.0 Å². The largest absolute Gasteiger partial charge is 0.472 e. The van der Waals surface area contributed by atoms with Gasteiger partial charge >= 0.3 is 5.97 Å². The van der Waals surface area contributed by atoms with E-state index in [9.17, 15) is 9.90 Å². The van der Waals surface area contributed by atoms with E-state index in [1.807, 2.05) is 18.2 Å². The zero-order valence-corrected chi connectivity index (χ0v) is 9.95. The molecule has 4 nitrogen and oxygen atoms in total. The van der Waals surface area contributed by atoms with Crippen molar-refractivity contribution in [2.24, 2.45) is 0 Å². The molecule has 18 heavy (non-hydrogen) atoms. The van der Waals surface area contributed by atoms with Crippen LogP contribution in [0.1, 0.15) is 23.1 Å². The van der Waals surface area contributed by atoms with Gasteiger partial charge in [0.05, 0.1) is 25.7 Å². The average Bonchev–Trinajstić information content (AvgIpc) is 2.94. The lowest BCUT2D eigenvalue weighted by Crippen LogP contribution is -2.21. The van der Waals surface area contributed by atoms with E-state index >= 15 is 0 Å². The summed E-state index contributed by atoms with van der Waals surface area (Å²) in [4.78, 5) is 11.8. The lowest BCUT2D eigenvalue weighted by atomic mass is 9.90. The highest BCUT2D eigenvalue weighted by Crippen LogP contribution is 2.32. The molecule has 0 saturated heterocycles. The number of aliphatic hydroxyl groups is 1. The second-order valence-corrected chi connectivity index (χ2v) is 3.91. The third kappa shape index (κ3) is 2.43. The normalized spacial score (nSPS) is 13.9. The molecule has 0 aliphatic carbocycles. The molecule has 1 aromatic heterocycles. The molecule has 0 fully saturated rings. The zero-order chi connectivity index (χ0) is 13.0. The molecule has 2 aromatic rings. The van der Waals surface area contributed by atoms with Crippen LogP contribution < -0.4 is 0 Å². The summed E-state index contributed by atoms with van der Waals surface area (Å²) in [5, 5.41) is 10.3. The monoisotopic (exact) mass is 246 g/mol. The molecule has 0 aliphatic rings. The Labute approximate surface area is 105 Å². The summed E-state index contributed by atoms with van der Waals surface area (Å²) >= 11 is 0. The molecular weight excluding hydrogens is 232 g/mol. The quantitative estimate of drug-likeness (QED) is 0.841. The van der Waals surface area contributed by atoms with Crippen LogP contribution in [0.5, 0.6) is 0 Å². The molecule has 0 bridgehead atoms. The Hall–Kier alpha value is -2.07. The zero-order valence-electron chi connectivity index (χ0n) is 9.95. The van der Waals surface area contributed by atoms with Crippen LogP contribution in [0.2, 0.25) is 0 Å².